The van der Waals surface area contributed by atoms with Crippen LogP contribution < -0.4 is 9.80 Å². The van der Waals surface area contributed by atoms with E-state index < -0.39 is 0 Å². The smallest absolute Gasteiger partial charge is 0.225 e. The average Bonchev–Trinajstić information content (AvgIpc) is 3.01. The zero-order valence-corrected chi connectivity index (χ0v) is 14.4. The van der Waals surface area contributed by atoms with E-state index in [1.165, 1.54) is 0 Å². The Morgan fingerprint density at radius 1 is 0.840 bits per heavy atom. The van der Waals surface area contributed by atoms with Crippen molar-refractivity contribution in [3.63, 3.8) is 0 Å². The molecule has 128 valence electrons. The van der Waals surface area contributed by atoms with Crippen molar-refractivity contribution >= 4 is 11.8 Å². The molecule has 4 rings (SSSR count). The topological polar surface area (TPSA) is 75.9 Å². The molecule has 0 bridgehead atoms. The SMILES string of the molecule is Cc1cc(C)n(-c2ccc(N3CCN(c4ncccn4)CC3)nn2)n1. The van der Waals surface area contributed by atoms with Gasteiger partial charge in [-0.05, 0) is 38.1 Å². The standard InChI is InChI=1S/C17H20N8/c1-13-12-14(2)25(22-13)16-5-4-15(20-21-16)23-8-10-24(11-9-23)17-18-6-3-7-19-17/h3-7,12H,8-11H2,1-2H3. The monoisotopic (exact) mass is 336 g/mol. The van der Waals surface area contributed by atoms with Crippen LogP contribution in [0.25, 0.3) is 5.82 Å². The Morgan fingerprint density at radius 2 is 1.48 bits per heavy atom. The quantitative estimate of drug-likeness (QED) is 0.715. The predicted octanol–water partition coefficient (Wildman–Crippen LogP) is 1.40. The molecular weight excluding hydrogens is 316 g/mol. The summed E-state index contributed by atoms with van der Waals surface area (Å²) in [5.74, 6) is 2.41. The van der Waals surface area contributed by atoms with E-state index in [1.807, 2.05) is 42.8 Å². The van der Waals surface area contributed by atoms with Gasteiger partial charge in [-0.15, -0.1) is 10.2 Å². The van der Waals surface area contributed by atoms with E-state index in [4.69, 9.17) is 0 Å². The minimum atomic E-state index is 0.741. The summed E-state index contributed by atoms with van der Waals surface area (Å²) in [7, 11) is 0. The Morgan fingerprint density at radius 3 is 2.08 bits per heavy atom. The van der Waals surface area contributed by atoms with Gasteiger partial charge in [-0.25, -0.2) is 14.6 Å². The second-order valence-electron chi connectivity index (χ2n) is 6.11. The first-order chi connectivity index (χ1) is 12.2. The van der Waals surface area contributed by atoms with Crippen molar-refractivity contribution in [3.8, 4) is 5.82 Å². The maximum atomic E-state index is 4.45. The lowest BCUT2D eigenvalue weighted by Crippen LogP contribution is -2.47. The van der Waals surface area contributed by atoms with Crippen LogP contribution in [0.3, 0.4) is 0 Å². The summed E-state index contributed by atoms with van der Waals surface area (Å²) in [5.41, 5.74) is 2.03. The van der Waals surface area contributed by atoms with Crippen molar-refractivity contribution in [2.45, 2.75) is 13.8 Å². The molecule has 1 aliphatic rings. The first kappa shape index (κ1) is 15.5. The molecule has 0 amide bonds. The molecule has 4 heterocycles. The average molecular weight is 336 g/mol. The molecule has 1 aliphatic heterocycles. The molecule has 0 radical (unpaired) electrons. The molecule has 8 nitrogen and oxygen atoms in total. The normalized spacial score (nSPS) is 14.8. The van der Waals surface area contributed by atoms with Gasteiger partial charge >= 0.3 is 0 Å². The van der Waals surface area contributed by atoms with E-state index in [1.54, 1.807) is 12.4 Å². The van der Waals surface area contributed by atoms with Gasteiger partial charge in [0.15, 0.2) is 11.6 Å². The number of piperazine rings is 1. The summed E-state index contributed by atoms with van der Waals surface area (Å²) in [6, 6.07) is 7.84. The summed E-state index contributed by atoms with van der Waals surface area (Å²) >= 11 is 0. The van der Waals surface area contributed by atoms with Gasteiger partial charge in [-0.2, -0.15) is 5.10 Å². The first-order valence-corrected chi connectivity index (χ1v) is 8.35. The Hall–Kier alpha value is -3.03. The van der Waals surface area contributed by atoms with Gasteiger partial charge < -0.3 is 9.80 Å². The lowest BCUT2D eigenvalue weighted by molar-refractivity contribution is 0.630. The van der Waals surface area contributed by atoms with Gasteiger partial charge in [0.05, 0.1) is 5.69 Å². The maximum absolute atomic E-state index is 4.45. The zero-order chi connectivity index (χ0) is 17.2. The molecule has 1 saturated heterocycles. The Kier molecular flexibility index (Phi) is 4.01. The molecule has 0 spiro atoms. The summed E-state index contributed by atoms with van der Waals surface area (Å²) < 4.78 is 1.82. The van der Waals surface area contributed by atoms with Crippen LogP contribution in [0.2, 0.25) is 0 Å². The summed E-state index contributed by atoms with van der Waals surface area (Å²) in [6.07, 6.45) is 3.55. The third-order valence-corrected chi connectivity index (χ3v) is 4.30. The summed E-state index contributed by atoms with van der Waals surface area (Å²) in [5, 5.41) is 13.2. The molecule has 8 heteroatoms. The predicted molar refractivity (Wildman–Crippen MR) is 95.1 cm³/mol. The maximum Gasteiger partial charge on any atom is 0.225 e. The number of nitrogens with zero attached hydrogens (tertiary/aromatic N) is 8. The van der Waals surface area contributed by atoms with Gasteiger partial charge in [0.25, 0.3) is 0 Å². The van der Waals surface area contributed by atoms with Crippen LogP contribution in [0.5, 0.6) is 0 Å². The number of hydrogen-bond donors (Lipinski definition) is 0. The summed E-state index contributed by atoms with van der Waals surface area (Å²) in [6.45, 7) is 7.45. The third-order valence-electron chi connectivity index (χ3n) is 4.30. The first-order valence-electron chi connectivity index (χ1n) is 8.35. The van der Waals surface area contributed by atoms with Crippen molar-refractivity contribution in [2.75, 3.05) is 36.0 Å². The fourth-order valence-electron chi connectivity index (χ4n) is 3.05. The number of aromatic nitrogens is 6. The molecule has 0 unspecified atom stereocenters. The number of aryl methyl sites for hydroxylation is 2. The van der Waals surface area contributed by atoms with Crippen LogP contribution in [0.4, 0.5) is 11.8 Å². The van der Waals surface area contributed by atoms with E-state index in [-0.39, 0.29) is 0 Å². The van der Waals surface area contributed by atoms with Gasteiger partial charge in [-0.3, -0.25) is 0 Å². The summed E-state index contributed by atoms with van der Waals surface area (Å²) in [4.78, 5) is 13.1. The zero-order valence-electron chi connectivity index (χ0n) is 14.4. The van der Waals surface area contributed by atoms with Crippen LogP contribution >= 0.6 is 0 Å². The minimum absolute atomic E-state index is 0.741. The highest BCUT2D eigenvalue weighted by Crippen LogP contribution is 2.17. The van der Waals surface area contributed by atoms with E-state index >= 15 is 0 Å². The number of rotatable bonds is 3. The largest absolute Gasteiger partial charge is 0.352 e. The van der Waals surface area contributed by atoms with Crippen molar-refractivity contribution in [1.29, 1.82) is 0 Å². The number of anilines is 2. The molecule has 3 aromatic rings. The highest BCUT2D eigenvalue weighted by Gasteiger charge is 2.20. The highest BCUT2D eigenvalue weighted by molar-refractivity contribution is 5.43. The second kappa shape index (κ2) is 6.46. The van der Waals surface area contributed by atoms with E-state index in [0.29, 0.717) is 0 Å². The van der Waals surface area contributed by atoms with Crippen molar-refractivity contribution in [1.82, 2.24) is 29.9 Å². The molecule has 0 atom stereocenters. The van der Waals surface area contributed by atoms with E-state index in [2.05, 4.69) is 35.1 Å². The second-order valence-corrected chi connectivity index (χ2v) is 6.11. The van der Waals surface area contributed by atoms with Crippen molar-refractivity contribution in [2.24, 2.45) is 0 Å². The lowest BCUT2D eigenvalue weighted by atomic mass is 10.3. The van der Waals surface area contributed by atoms with Crippen LogP contribution in [0, 0.1) is 13.8 Å². The molecule has 0 aliphatic carbocycles. The lowest BCUT2D eigenvalue weighted by Gasteiger charge is -2.35. The minimum Gasteiger partial charge on any atom is -0.352 e. The highest BCUT2D eigenvalue weighted by atomic mass is 15.4. The van der Waals surface area contributed by atoms with Crippen LogP contribution in [-0.4, -0.2) is 56.1 Å². The van der Waals surface area contributed by atoms with Crippen LogP contribution in [0.1, 0.15) is 11.4 Å². The fraction of sp³-hybridized carbons (Fsp3) is 0.353. The third kappa shape index (κ3) is 3.15. The van der Waals surface area contributed by atoms with E-state index in [0.717, 1.165) is 55.2 Å². The Balaban J connectivity index is 1.44. The van der Waals surface area contributed by atoms with Crippen molar-refractivity contribution < 1.29 is 0 Å². The van der Waals surface area contributed by atoms with Gasteiger partial charge in [0.1, 0.15) is 0 Å². The molecule has 25 heavy (non-hydrogen) atoms. The Labute approximate surface area is 146 Å². The van der Waals surface area contributed by atoms with E-state index in [9.17, 15) is 0 Å². The van der Waals surface area contributed by atoms with Gasteiger partial charge in [0.2, 0.25) is 5.95 Å². The molecular formula is C17H20N8. The molecule has 1 fully saturated rings. The molecule has 0 aromatic carbocycles. The van der Waals surface area contributed by atoms with Gasteiger partial charge in [0, 0.05) is 44.3 Å². The Bertz CT molecular complexity index is 835. The molecule has 0 N–H and O–H groups in total. The molecule has 0 saturated carbocycles. The van der Waals surface area contributed by atoms with Crippen LogP contribution in [-0.2, 0) is 0 Å². The van der Waals surface area contributed by atoms with Crippen LogP contribution in [0.15, 0.2) is 36.7 Å². The molecule has 3 aromatic heterocycles. The number of hydrogen-bond acceptors (Lipinski definition) is 7. The van der Waals surface area contributed by atoms with Gasteiger partial charge in [-0.1, -0.05) is 0 Å². The van der Waals surface area contributed by atoms with Crippen molar-refractivity contribution in [3.05, 3.63) is 48.0 Å². The fourth-order valence-corrected chi connectivity index (χ4v) is 3.05.